The lowest BCUT2D eigenvalue weighted by Gasteiger charge is -2.29. The van der Waals surface area contributed by atoms with Crippen LogP contribution in [0.3, 0.4) is 0 Å². The molecule has 1 atom stereocenters. The quantitative estimate of drug-likeness (QED) is 0.134. The average molecular weight is 573 g/mol. The van der Waals surface area contributed by atoms with E-state index in [0.717, 1.165) is 12.2 Å². The van der Waals surface area contributed by atoms with E-state index in [4.69, 9.17) is 43.0 Å². The van der Waals surface area contributed by atoms with Gasteiger partial charge in [0.2, 0.25) is 0 Å². The molecule has 0 heterocycles. The van der Waals surface area contributed by atoms with Gasteiger partial charge in [0.25, 0.3) is 0 Å². The molecule has 0 aliphatic rings. The molecular weight excluding hydrogens is 516 g/mol. The smallest absolute Gasteiger partial charge is 0.119 e. The first-order chi connectivity index (χ1) is 19.7. The highest BCUT2D eigenvalue weighted by Gasteiger charge is 2.23. The minimum Gasteiger partial charge on any atom is -0.491 e. The van der Waals surface area contributed by atoms with Crippen molar-refractivity contribution < 1.29 is 43.0 Å². The third kappa shape index (κ3) is 19.7. The molecule has 0 aliphatic carbocycles. The van der Waals surface area contributed by atoms with Crippen molar-refractivity contribution in [1.29, 1.82) is 0 Å². The second-order valence-corrected chi connectivity index (χ2v) is 9.75. The summed E-state index contributed by atoms with van der Waals surface area (Å²) in [6.07, 6.45) is 6.21. The summed E-state index contributed by atoms with van der Waals surface area (Å²) in [6, 6.07) is 8.57. The second-order valence-electron chi connectivity index (χ2n) is 9.75. The fourth-order valence-corrected chi connectivity index (χ4v) is 3.95. The van der Waals surface area contributed by atoms with Crippen molar-refractivity contribution in [3.8, 4) is 5.75 Å². The highest BCUT2D eigenvalue weighted by molar-refractivity contribution is 5.32. The second kappa shape index (κ2) is 26.6. The zero-order chi connectivity index (χ0) is 29.0. The number of rotatable bonds is 30. The van der Waals surface area contributed by atoms with Crippen molar-refractivity contribution in [3.05, 3.63) is 29.8 Å². The maximum absolute atomic E-state index is 8.58. The van der Waals surface area contributed by atoms with Crippen LogP contribution in [-0.4, -0.2) is 111 Å². The van der Waals surface area contributed by atoms with E-state index in [-0.39, 0.29) is 12.0 Å². The summed E-state index contributed by atoms with van der Waals surface area (Å²) in [5.41, 5.74) is 1.63. The SMILES string of the molecule is CCCCCC(C)(CC)c1ccc(OCCOCCOCCOCCOCCOCCOCCOCCO)cc1. The van der Waals surface area contributed by atoms with Crippen LogP contribution in [0.1, 0.15) is 58.4 Å². The molecule has 234 valence electrons. The fraction of sp³-hybridized carbons (Fsp3) is 0.806. The first kappa shape index (κ1) is 36.7. The summed E-state index contributed by atoms with van der Waals surface area (Å²) in [6.45, 7) is 14.5. The van der Waals surface area contributed by atoms with Gasteiger partial charge in [-0.25, -0.2) is 0 Å². The van der Waals surface area contributed by atoms with Gasteiger partial charge >= 0.3 is 0 Å². The molecule has 9 nitrogen and oxygen atoms in total. The van der Waals surface area contributed by atoms with Gasteiger partial charge in [-0.2, -0.15) is 0 Å². The lowest BCUT2D eigenvalue weighted by molar-refractivity contribution is -0.0221. The number of unbranched alkanes of at least 4 members (excludes halogenated alkanes) is 2. The molecular formula is C31H56O9. The van der Waals surface area contributed by atoms with Gasteiger partial charge in [0.15, 0.2) is 0 Å². The summed E-state index contributed by atoms with van der Waals surface area (Å²) >= 11 is 0. The van der Waals surface area contributed by atoms with E-state index in [2.05, 4.69) is 45.0 Å². The largest absolute Gasteiger partial charge is 0.491 e. The molecule has 0 fully saturated rings. The first-order valence-corrected chi connectivity index (χ1v) is 15.0. The van der Waals surface area contributed by atoms with E-state index >= 15 is 0 Å². The predicted octanol–water partition coefficient (Wildman–Crippen LogP) is 4.42. The molecule has 0 radical (unpaired) electrons. The molecule has 1 N–H and O–H groups in total. The Morgan fingerprint density at radius 3 is 1.32 bits per heavy atom. The lowest BCUT2D eigenvalue weighted by Crippen LogP contribution is -2.20. The van der Waals surface area contributed by atoms with Crippen LogP contribution in [0.2, 0.25) is 0 Å². The number of ether oxygens (including phenoxy) is 8. The Labute approximate surface area is 242 Å². The van der Waals surface area contributed by atoms with Gasteiger partial charge in [0, 0.05) is 0 Å². The van der Waals surface area contributed by atoms with Crippen LogP contribution in [0.15, 0.2) is 24.3 Å². The molecule has 0 bridgehead atoms. The third-order valence-corrected chi connectivity index (χ3v) is 6.63. The molecule has 0 aromatic heterocycles. The summed E-state index contributed by atoms with van der Waals surface area (Å²) in [5.74, 6) is 0.881. The predicted molar refractivity (Wildman–Crippen MR) is 157 cm³/mol. The van der Waals surface area contributed by atoms with Crippen LogP contribution in [0, 0.1) is 0 Å². The van der Waals surface area contributed by atoms with Crippen molar-refractivity contribution in [1.82, 2.24) is 0 Å². The third-order valence-electron chi connectivity index (χ3n) is 6.63. The molecule has 1 rings (SSSR count). The van der Waals surface area contributed by atoms with E-state index in [1.54, 1.807) is 0 Å². The maximum Gasteiger partial charge on any atom is 0.119 e. The van der Waals surface area contributed by atoms with Gasteiger partial charge in [0.1, 0.15) is 12.4 Å². The minimum atomic E-state index is 0.0310. The van der Waals surface area contributed by atoms with Gasteiger partial charge in [-0.3, -0.25) is 0 Å². The molecule has 0 saturated heterocycles. The van der Waals surface area contributed by atoms with Crippen LogP contribution in [0.25, 0.3) is 0 Å². The topological polar surface area (TPSA) is 94.1 Å². The van der Waals surface area contributed by atoms with Crippen molar-refractivity contribution >= 4 is 0 Å². The van der Waals surface area contributed by atoms with Gasteiger partial charge in [-0.15, -0.1) is 0 Å². The lowest BCUT2D eigenvalue weighted by atomic mass is 9.76. The fourth-order valence-electron chi connectivity index (χ4n) is 3.95. The van der Waals surface area contributed by atoms with E-state index in [9.17, 15) is 0 Å². The van der Waals surface area contributed by atoms with Crippen LogP contribution in [0.4, 0.5) is 0 Å². The van der Waals surface area contributed by atoms with Gasteiger partial charge in [0.05, 0.1) is 99.1 Å². The molecule has 1 aromatic carbocycles. The number of hydrogen-bond donors (Lipinski definition) is 1. The molecule has 9 heteroatoms. The van der Waals surface area contributed by atoms with E-state index in [1.807, 2.05) is 0 Å². The summed E-state index contributed by atoms with van der Waals surface area (Å²) in [5, 5.41) is 8.58. The highest BCUT2D eigenvalue weighted by Crippen LogP contribution is 2.34. The zero-order valence-electron chi connectivity index (χ0n) is 25.4. The standard InChI is InChI=1S/C31H56O9/c1-4-6-7-12-31(3,5-2)29-8-10-30(11-9-29)40-28-27-39-26-25-38-24-23-37-22-21-36-20-19-35-18-17-34-16-15-33-14-13-32/h8-11,32H,4-7,12-28H2,1-3H3. The summed E-state index contributed by atoms with van der Waals surface area (Å²) in [7, 11) is 0. The van der Waals surface area contributed by atoms with Gasteiger partial charge < -0.3 is 43.0 Å². The Balaban J connectivity index is 1.86. The molecule has 0 aliphatic heterocycles. The van der Waals surface area contributed by atoms with Crippen molar-refractivity contribution in [2.45, 2.75) is 58.3 Å². The van der Waals surface area contributed by atoms with Crippen molar-refractivity contribution in [2.24, 2.45) is 0 Å². The molecule has 1 aromatic rings. The number of aliphatic hydroxyl groups excluding tert-OH is 1. The number of benzene rings is 1. The highest BCUT2D eigenvalue weighted by atomic mass is 16.6. The van der Waals surface area contributed by atoms with E-state index in [0.29, 0.717) is 99.1 Å². The Hall–Kier alpha value is -1.30. The molecule has 0 amide bonds. The van der Waals surface area contributed by atoms with Crippen LogP contribution in [0.5, 0.6) is 5.75 Å². The number of aliphatic hydroxyl groups is 1. The molecule has 0 spiro atoms. The van der Waals surface area contributed by atoms with E-state index in [1.165, 1.54) is 31.2 Å². The number of hydrogen-bond acceptors (Lipinski definition) is 9. The van der Waals surface area contributed by atoms with Crippen LogP contribution >= 0.6 is 0 Å². The van der Waals surface area contributed by atoms with Gasteiger partial charge in [-0.1, -0.05) is 52.2 Å². The monoisotopic (exact) mass is 572 g/mol. The average Bonchev–Trinajstić information content (AvgIpc) is 2.98. The van der Waals surface area contributed by atoms with Crippen molar-refractivity contribution in [3.63, 3.8) is 0 Å². The first-order valence-electron chi connectivity index (χ1n) is 15.0. The zero-order valence-corrected chi connectivity index (χ0v) is 25.4. The Bertz CT molecular complexity index is 659. The molecule has 40 heavy (non-hydrogen) atoms. The van der Waals surface area contributed by atoms with Crippen LogP contribution < -0.4 is 4.74 Å². The Morgan fingerprint density at radius 1 is 0.550 bits per heavy atom. The maximum atomic E-state index is 8.58. The minimum absolute atomic E-state index is 0.0310. The Morgan fingerprint density at radius 2 is 0.950 bits per heavy atom. The summed E-state index contributed by atoms with van der Waals surface area (Å²) in [4.78, 5) is 0. The molecule has 1 unspecified atom stereocenters. The van der Waals surface area contributed by atoms with E-state index < -0.39 is 0 Å². The van der Waals surface area contributed by atoms with Crippen LogP contribution in [-0.2, 0) is 38.6 Å². The van der Waals surface area contributed by atoms with Gasteiger partial charge in [-0.05, 0) is 36.0 Å². The Kier molecular flexibility index (Phi) is 24.4. The summed E-state index contributed by atoms with van der Waals surface area (Å²) < 4.78 is 43.7. The van der Waals surface area contributed by atoms with Crippen molar-refractivity contribution in [2.75, 3.05) is 106 Å². The normalized spacial score (nSPS) is 13.0. The molecule has 0 saturated carbocycles.